The van der Waals surface area contributed by atoms with E-state index in [0.717, 1.165) is 21.7 Å². The molecule has 0 bridgehead atoms. The Morgan fingerprint density at radius 3 is 2.26 bits per heavy atom. The van der Waals surface area contributed by atoms with Crippen LogP contribution in [0.15, 0.2) is 48.5 Å². The van der Waals surface area contributed by atoms with Crippen molar-refractivity contribution in [2.24, 2.45) is 5.92 Å². The van der Waals surface area contributed by atoms with Crippen LogP contribution in [0.5, 0.6) is 0 Å². The van der Waals surface area contributed by atoms with E-state index in [9.17, 15) is 18.0 Å². The molecule has 0 saturated heterocycles. The summed E-state index contributed by atoms with van der Waals surface area (Å²) in [5, 5.41) is 3.46. The second-order valence-electron chi connectivity index (χ2n) is 8.82. The van der Waals surface area contributed by atoms with Crippen molar-refractivity contribution in [2.75, 3.05) is 23.7 Å². The van der Waals surface area contributed by atoms with Gasteiger partial charge in [-0.25, -0.2) is 8.42 Å². The highest BCUT2D eigenvalue weighted by Gasteiger charge is 2.31. The minimum Gasteiger partial charge on any atom is -0.354 e. The molecule has 2 aromatic carbocycles. The molecular formula is C25H34ClN3O4S. The average molecular weight is 508 g/mol. The Hall–Kier alpha value is -2.58. The first-order valence-electron chi connectivity index (χ1n) is 11.3. The molecule has 7 nitrogen and oxygen atoms in total. The molecular weight excluding hydrogens is 474 g/mol. The lowest BCUT2D eigenvalue weighted by molar-refractivity contribution is -0.140. The average Bonchev–Trinajstić information content (AvgIpc) is 2.76. The Morgan fingerprint density at radius 1 is 1.09 bits per heavy atom. The Labute approximate surface area is 208 Å². The Bertz CT molecular complexity index is 1090. The number of carbonyl (C=O) groups is 2. The van der Waals surface area contributed by atoms with Crippen LogP contribution in [0.25, 0.3) is 0 Å². The number of nitrogens with zero attached hydrogens (tertiary/aromatic N) is 2. The number of rotatable bonds is 11. The third kappa shape index (κ3) is 8.02. The summed E-state index contributed by atoms with van der Waals surface area (Å²) in [6.07, 6.45) is 1.45. The van der Waals surface area contributed by atoms with Crippen molar-refractivity contribution in [2.45, 2.75) is 46.7 Å². The molecule has 0 fully saturated rings. The van der Waals surface area contributed by atoms with Gasteiger partial charge in [0.1, 0.15) is 12.6 Å². The lowest BCUT2D eigenvalue weighted by Gasteiger charge is -2.33. The number of hydrogen-bond acceptors (Lipinski definition) is 4. The molecule has 34 heavy (non-hydrogen) atoms. The van der Waals surface area contributed by atoms with E-state index < -0.39 is 28.5 Å². The van der Waals surface area contributed by atoms with E-state index in [0.29, 0.717) is 23.7 Å². The number of halogens is 1. The van der Waals surface area contributed by atoms with E-state index in [-0.39, 0.29) is 18.4 Å². The van der Waals surface area contributed by atoms with Gasteiger partial charge in [0.15, 0.2) is 0 Å². The zero-order valence-electron chi connectivity index (χ0n) is 20.4. The van der Waals surface area contributed by atoms with Gasteiger partial charge in [-0.05, 0) is 54.7 Å². The molecule has 0 aliphatic carbocycles. The van der Waals surface area contributed by atoms with Crippen LogP contribution in [-0.2, 0) is 26.2 Å². The predicted molar refractivity (Wildman–Crippen MR) is 137 cm³/mol. The van der Waals surface area contributed by atoms with Crippen LogP contribution < -0.4 is 9.62 Å². The number of benzene rings is 2. The van der Waals surface area contributed by atoms with Gasteiger partial charge in [0.05, 0.1) is 11.9 Å². The van der Waals surface area contributed by atoms with E-state index in [1.165, 1.54) is 4.90 Å². The normalized spacial score (nSPS) is 12.3. The third-order valence-corrected chi connectivity index (χ3v) is 6.70. The van der Waals surface area contributed by atoms with E-state index >= 15 is 0 Å². The fraction of sp³-hybridized carbons (Fsp3) is 0.440. The van der Waals surface area contributed by atoms with Crippen molar-refractivity contribution in [3.05, 3.63) is 64.7 Å². The second-order valence-corrected chi connectivity index (χ2v) is 11.2. The molecule has 0 radical (unpaired) electrons. The fourth-order valence-electron chi connectivity index (χ4n) is 3.53. The van der Waals surface area contributed by atoms with Crippen LogP contribution in [0.2, 0.25) is 5.02 Å². The van der Waals surface area contributed by atoms with Crippen LogP contribution >= 0.6 is 11.6 Å². The zero-order chi connectivity index (χ0) is 25.5. The van der Waals surface area contributed by atoms with Crippen molar-refractivity contribution < 1.29 is 18.0 Å². The Balaban J connectivity index is 2.41. The first kappa shape index (κ1) is 27.7. The number of carbonyl (C=O) groups excluding carboxylic acids is 2. The van der Waals surface area contributed by atoms with Crippen LogP contribution in [0.4, 0.5) is 5.69 Å². The smallest absolute Gasteiger partial charge is 0.244 e. The second kappa shape index (κ2) is 12.2. The van der Waals surface area contributed by atoms with Gasteiger partial charge in [-0.2, -0.15) is 0 Å². The topological polar surface area (TPSA) is 86.8 Å². The summed E-state index contributed by atoms with van der Waals surface area (Å²) in [6, 6.07) is 13.2. The molecule has 0 spiro atoms. The number of anilines is 1. The minimum absolute atomic E-state index is 0.148. The minimum atomic E-state index is -3.75. The summed E-state index contributed by atoms with van der Waals surface area (Å²) in [4.78, 5) is 28.0. The van der Waals surface area contributed by atoms with Crippen LogP contribution in [0.1, 0.15) is 38.3 Å². The van der Waals surface area contributed by atoms with E-state index in [1.54, 1.807) is 42.5 Å². The molecule has 0 aromatic heterocycles. The highest BCUT2D eigenvalue weighted by Crippen LogP contribution is 2.21. The van der Waals surface area contributed by atoms with Gasteiger partial charge in [-0.1, -0.05) is 56.6 Å². The number of sulfonamides is 1. The van der Waals surface area contributed by atoms with Gasteiger partial charge in [0, 0.05) is 18.1 Å². The monoisotopic (exact) mass is 507 g/mol. The molecule has 1 N–H and O–H groups in total. The quantitative estimate of drug-likeness (QED) is 0.498. The zero-order valence-corrected chi connectivity index (χ0v) is 22.0. The van der Waals surface area contributed by atoms with Crippen LogP contribution in [-0.4, -0.2) is 50.5 Å². The summed E-state index contributed by atoms with van der Waals surface area (Å²) in [5.74, 6) is -0.475. The van der Waals surface area contributed by atoms with Gasteiger partial charge >= 0.3 is 0 Å². The first-order valence-corrected chi connectivity index (χ1v) is 13.5. The summed E-state index contributed by atoms with van der Waals surface area (Å²) in [5.41, 5.74) is 2.06. The van der Waals surface area contributed by atoms with E-state index in [1.807, 2.05) is 33.8 Å². The van der Waals surface area contributed by atoms with Crippen LogP contribution in [0.3, 0.4) is 0 Å². The van der Waals surface area contributed by atoms with Gasteiger partial charge < -0.3 is 10.2 Å². The molecule has 1 atom stereocenters. The summed E-state index contributed by atoms with van der Waals surface area (Å²) >= 11 is 6.00. The molecule has 0 aliphatic heterocycles. The van der Waals surface area contributed by atoms with Crippen molar-refractivity contribution in [3.63, 3.8) is 0 Å². The predicted octanol–water partition coefficient (Wildman–Crippen LogP) is 3.99. The van der Waals surface area contributed by atoms with E-state index in [2.05, 4.69) is 5.32 Å². The van der Waals surface area contributed by atoms with Crippen molar-refractivity contribution in [1.29, 1.82) is 0 Å². The standard InChI is InChI=1S/C25H34ClN3O4S/c1-6-23(25(31)27-15-18(2)3)28(16-20-10-12-21(26)13-11-20)24(30)17-29(34(5,32)33)22-9-7-8-19(4)14-22/h7-14,18,23H,6,15-17H2,1-5H3,(H,27,31). The van der Waals surface area contributed by atoms with Gasteiger partial charge in [0.2, 0.25) is 21.8 Å². The molecule has 1 unspecified atom stereocenters. The first-order chi connectivity index (χ1) is 15.9. The Morgan fingerprint density at radius 2 is 1.74 bits per heavy atom. The summed E-state index contributed by atoms with van der Waals surface area (Å²) in [6.45, 7) is 7.88. The molecule has 0 heterocycles. The molecule has 0 aliphatic rings. The summed E-state index contributed by atoms with van der Waals surface area (Å²) < 4.78 is 26.3. The molecule has 9 heteroatoms. The van der Waals surface area contributed by atoms with Crippen molar-refractivity contribution in [1.82, 2.24) is 10.2 Å². The number of nitrogens with one attached hydrogen (secondary N) is 1. The maximum atomic E-state index is 13.6. The van der Waals surface area contributed by atoms with Gasteiger partial charge in [-0.15, -0.1) is 0 Å². The highest BCUT2D eigenvalue weighted by molar-refractivity contribution is 7.92. The van der Waals surface area contributed by atoms with Gasteiger partial charge in [0.25, 0.3) is 0 Å². The SMILES string of the molecule is CCC(C(=O)NCC(C)C)N(Cc1ccc(Cl)cc1)C(=O)CN(c1cccc(C)c1)S(C)(=O)=O. The van der Waals surface area contributed by atoms with Crippen molar-refractivity contribution in [3.8, 4) is 0 Å². The number of amides is 2. The lowest BCUT2D eigenvalue weighted by atomic mass is 10.1. The molecule has 0 saturated carbocycles. The van der Waals surface area contributed by atoms with Gasteiger partial charge in [-0.3, -0.25) is 13.9 Å². The van der Waals surface area contributed by atoms with Crippen LogP contribution in [0, 0.1) is 12.8 Å². The number of aryl methyl sites for hydroxylation is 1. The molecule has 186 valence electrons. The third-order valence-electron chi connectivity index (χ3n) is 5.31. The fourth-order valence-corrected chi connectivity index (χ4v) is 4.49. The maximum absolute atomic E-state index is 13.6. The lowest BCUT2D eigenvalue weighted by Crippen LogP contribution is -2.52. The molecule has 2 aromatic rings. The molecule has 2 rings (SSSR count). The Kier molecular flexibility index (Phi) is 9.94. The maximum Gasteiger partial charge on any atom is 0.244 e. The van der Waals surface area contributed by atoms with E-state index in [4.69, 9.17) is 11.6 Å². The number of hydrogen-bond donors (Lipinski definition) is 1. The summed E-state index contributed by atoms with van der Waals surface area (Å²) in [7, 11) is -3.75. The highest BCUT2D eigenvalue weighted by atomic mass is 35.5. The van der Waals surface area contributed by atoms with Crippen molar-refractivity contribution >= 4 is 39.1 Å². The largest absolute Gasteiger partial charge is 0.354 e. The molecule has 2 amide bonds.